The van der Waals surface area contributed by atoms with Crippen molar-refractivity contribution in [3.63, 3.8) is 0 Å². The fourth-order valence-electron chi connectivity index (χ4n) is 2.32. The highest BCUT2D eigenvalue weighted by molar-refractivity contribution is 7.16. The summed E-state index contributed by atoms with van der Waals surface area (Å²) in [6.45, 7) is 1.44. The van der Waals surface area contributed by atoms with E-state index in [1.54, 1.807) is 5.51 Å². The Kier molecular flexibility index (Phi) is 3.00. The van der Waals surface area contributed by atoms with Gasteiger partial charge in [0.15, 0.2) is 0 Å². The minimum atomic E-state index is -0.480. The molecule has 1 unspecified atom stereocenters. The van der Waals surface area contributed by atoms with Gasteiger partial charge in [-0.25, -0.2) is 4.98 Å². The van der Waals surface area contributed by atoms with Crippen molar-refractivity contribution in [3.8, 4) is 0 Å². The molecule has 1 aliphatic heterocycles. The van der Waals surface area contributed by atoms with E-state index >= 15 is 0 Å². The molecule has 1 fully saturated rings. The highest BCUT2D eigenvalue weighted by Crippen LogP contribution is 2.34. The highest BCUT2D eigenvalue weighted by atomic mass is 32.1. The number of primary amides is 1. The zero-order valence-corrected chi connectivity index (χ0v) is 11.0. The van der Waals surface area contributed by atoms with Gasteiger partial charge < -0.3 is 21.1 Å². The van der Waals surface area contributed by atoms with E-state index in [-0.39, 0.29) is 0 Å². The molecule has 0 bridgehead atoms. The second kappa shape index (κ2) is 4.67. The molecule has 2 heterocycles. The minimum absolute atomic E-state index is 0.296. The summed E-state index contributed by atoms with van der Waals surface area (Å²) in [6.07, 6.45) is 0. The van der Waals surface area contributed by atoms with Crippen molar-refractivity contribution >= 4 is 38.8 Å². The third-order valence-corrected chi connectivity index (χ3v) is 4.08. The van der Waals surface area contributed by atoms with Gasteiger partial charge in [-0.15, -0.1) is 11.3 Å². The van der Waals surface area contributed by atoms with Gasteiger partial charge in [0, 0.05) is 6.54 Å². The summed E-state index contributed by atoms with van der Waals surface area (Å²) in [5, 5.41) is 0. The molecule has 19 heavy (non-hydrogen) atoms. The number of benzene rings is 1. The van der Waals surface area contributed by atoms with Crippen molar-refractivity contribution < 1.29 is 9.53 Å². The van der Waals surface area contributed by atoms with Crippen molar-refractivity contribution in [3.05, 3.63) is 17.6 Å². The molecule has 7 heteroatoms. The van der Waals surface area contributed by atoms with Crippen LogP contribution in [0.3, 0.4) is 0 Å². The summed E-state index contributed by atoms with van der Waals surface area (Å²) in [7, 11) is 0. The third kappa shape index (κ3) is 2.00. The summed E-state index contributed by atoms with van der Waals surface area (Å²) < 4.78 is 6.34. The summed E-state index contributed by atoms with van der Waals surface area (Å²) in [6, 6.07) is 3.40. The summed E-state index contributed by atoms with van der Waals surface area (Å²) in [5.41, 5.74) is 15.5. The Morgan fingerprint density at radius 3 is 3.16 bits per heavy atom. The average molecular weight is 278 g/mol. The fraction of sp³-hybridized carbons (Fsp3) is 0.333. The van der Waals surface area contributed by atoms with Crippen molar-refractivity contribution in [2.24, 2.45) is 5.73 Å². The van der Waals surface area contributed by atoms with Crippen LogP contribution in [0.5, 0.6) is 0 Å². The molecule has 1 aromatic heterocycles. The SMILES string of the molecule is NC(=O)C1COCCN1c1ccc2scnc2c1N. The Hall–Kier alpha value is -1.86. The summed E-state index contributed by atoms with van der Waals surface area (Å²) in [5.74, 6) is -0.405. The normalized spacial score (nSPS) is 19.8. The monoisotopic (exact) mass is 278 g/mol. The minimum Gasteiger partial charge on any atom is -0.395 e. The number of hydrogen-bond acceptors (Lipinski definition) is 6. The maximum atomic E-state index is 11.5. The van der Waals surface area contributed by atoms with E-state index in [2.05, 4.69) is 4.98 Å². The number of fused-ring (bicyclic) bond motifs is 1. The van der Waals surface area contributed by atoms with Crippen molar-refractivity contribution in [2.45, 2.75) is 6.04 Å². The van der Waals surface area contributed by atoms with E-state index in [4.69, 9.17) is 16.2 Å². The van der Waals surface area contributed by atoms with E-state index < -0.39 is 11.9 Å². The predicted octanol–water partition coefficient (Wildman–Crippen LogP) is 0.569. The first-order valence-electron chi connectivity index (χ1n) is 5.94. The molecule has 6 nitrogen and oxygen atoms in total. The molecular weight excluding hydrogens is 264 g/mol. The van der Waals surface area contributed by atoms with Gasteiger partial charge in [0.25, 0.3) is 0 Å². The first kappa shape index (κ1) is 12.2. The number of thiazole rings is 1. The van der Waals surface area contributed by atoms with Crippen molar-refractivity contribution in [1.82, 2.24) is 4.98 Å². The lowest BCUT2D eigenvalue weighted by molar-refractivity contribution is -0.121. The van der Waals surface area contributed by atoms with E-state index in [0.717, 1.165) is 15.9 Å². The Morgan fingerprint density at radius 1 is 1.53 bits per heavy atom. The Bertz CT molecular complexity index is 627. The molecule has 1 atom stereocenters. The van der Waals surface area contributed by atoms with Crippen LogP contribution < -0.4 is 16.4 Å². The third-order valence-electron chi connectivity index (χ3n) is 3.28. The molecule has 1 aromatic carbocycles. The van der Waals surface area contributed by atoms with Crippen LogP contribution in [-0.4, -0.2) is 36.7 Å². The van der Waals surface area contributed by atoms with Gasteiger partial charge in [0.1, 0.15) is 11.6 Å². The molecular formula is C12H14N4O2S. The number of anilines is 2. The van der Waals surface area contributed by atoms with Gasteiger partial charge in [-0.3, -0.25) is 4.79 Å². The molecule has 1 amide bonds. The molecule has 0 radical (unpaired) electrons. The number of aromatic nitrogens is 1. The van der Waals surface area contributed by atoms with E-state index in [1.807, 2.05) is 17.0 Å². The molecule has 1 saturated heterocycles. The van der Waals surface area contributed by atoms with E-state index in [0.29, 0.717) is 25.4 Å². The van der Waals surface area contributed by atoms with Gasteiger partial charge in [0.2, 0.25) is 5.91 Å². The number of carbonyl (C=O) groups excluding carboxylic acids is 1. The van der Waals surface area contributed by atoms with Crippen LogP contribution in [0.4, 0.5) is 11.4 Å². The van der Waals surface area contributed by atoms with E-state index in [1.165, 1.54) is 11.3 Å². The predicted molar refractivity (Wildman–Crippen MR) is 75.2 cm³/mol. The first-order valence-corrected chi connectivity index (χ1v) is 6.82. The van der Waals surface area contributed by atoms with Crippen LogP contribution in [-0.2, 0) is 9.53 Å². The van der Waals surface area contributed by atoms with Gasteiger partial charge in [-0.05, 0) is 12.1 Å². The lowest BCUT2D eigenvalue weighted by Gasteiger charge is -2.36. The Balaban J connectivity index is 2.06. The maximum Gasteiger partial charge on any atom is 0.242 e. The van der Waals surface area contributed by atoms with Gasteiger partial charge in [-0.2, -0.15) is 0 Å². The van der Waals surface area contributed by atoms with Crippen LogP contribution in [0.25, 0.3) is 10.2 Å². The highest BCUT2D eigenvalue weighted by Gasteiger charge is 2.29. The van der Waals surface area contributed by atoms with Gasteiger partial charge in [-0.1, -0.05) is 0 Å². The lowest BCUT2D eigenvalue weighted by Crippen LogP contribution is -2.52. The summed E-state index contributed by atoms with van der Waals surface area (Å²) in [4.78, 5) is 17.7. The largest absolute Gasteiger partial charge is 0.395 e. The zero-order chi connectivity index (χ0) is 13.4. The van der Waals surface area contributed by atoms with Gasteiger partial charge >= 0.3 is 0 Å². The molecule has 1 aliphatic rings. The molecule has 0 saturated carbocycles. The van der Waals surface area contributed by atoms with Crippen LogP contribution in [0.15, 0.2) is 17.6 Å². The molecule has 3 rings (SSSR count). The zero-order valence-electron chi connectivity index (χ0n) is 10.2. The number of rotatable bonds is 2. The number of nitrogens with two attached hydrogens (primary N) is 2. The molecule has 2 aromatic rings. The first-order chi connectivity index (χ1) is 9.18. The molecule has 100 valence electrons. The summed E-state index contributed by atoms with van der Waals surface area (Å²) >= 11 is 1.54. The van der Waals surface area contributed by atoms with Gasteiger partial charge in [0.05, 0.1) is 34.8 Å². The Labute approximate surface area is 114 Å². The second-order valence-corrected chi connectivity index (χ2v) is 5.27. The topological polar surface area (TPSA) is 94.5 Å². The Morgan fingerprint density at radius 2 is 2.37 bits per heavy atom. The smallest absolute Gasteiger partial charge is 0.242 e. The quantitative estimate of drug-likeness (QED) is 0.783. The standard InChI is InChI=1S/C12H14N4O2S/c13-10-7(1-2-9-11(10)15-6-19-9)16-3-4-18-5-8(16)12(14)17/h1-2,6,8H,3-5,13H2,(H2,14,17). The van der Waals surface area contributed by atoms with Crippen LogP contribution in [0.1, 0.15) is 0 Å². The average Bonchev–Trinajstić information content (AvgIpc) is 2.88. The number of carbonyl (C=O) groups is 1. The van der Waals surface area contributed by atoms with Crippen LogP contribution in [0, 0.1) is 0 Å². The number of ether oxygens (including phenoxy) is 1. The number of nitrogens with zero attached hydrogens (tertiary/aromatic N) is 2. The lowest BCUT2D eigenvalue weighted by atomic mass is 10.1. The van der Waals surface area contributed by atoms with E-state index in [9.17, 15) is 4.79 Å². The van der Waals surface area contributed by atoms with Crippen LogP contribution in [0.2, 0.25) is 0 Å². The number of hydrogen-bond donors (Lipinski definition) is 2. The van der Waals surface area contributed by atoms with Crippen molar-refractivity contribution in [1.29, 1.82) is 0 Å². The number of amides is 1. The maximum absolute atomic E-state index is 11.5. The number of morpholine rings is 1. The molecule has 0 aliphatic carbocycles. The second-order valence-electron chi connectivity index (χ2n) is 4.38. The van der Waals surface area contributed by atoms with Crippen LogP contribution >= 0.6 is 11.3 Å². The molecule has 4 N–H and O–H groups in total. The number of nitrogen functional groups attached to an aromatic ring is 1. The molecule has 0 spiro atoms. The van der Waals surface area contributed by atoms with Crippen molar-refractivity contribution in [2.75, 3.05) is 30.4 Å². The fourth-order valence-corrected chi connectivity index (χ4v) is 3.01.